The van der Waals surface area contributed by atoms with Crippen molar-refractivity contribution < 1.29 is 67.0 Å². The Hall–Kier alpha value is -4.82. The molecule has 274 valence electrons. The summed E-state index contributed by atoms with van der Waals surface area (Å²) < 4.78 is 42.8. The molecule has 2 saturated carbocycles. The molecule has 2 aliphatic carbocycles. The summed E-state index contributed by atoms with van der Waals surface area (Å²) in [6.07, 6.45) is -8.54. The van der Waals surface area contributed by atoms with E-state index in [1.54, 1.807) is 50.2 Å². The van der Waals surface area contributed by atoms with Crippen molar-refractivity contribution in [3.63, 3.8) is 0 Å². The third kappa shape index (κ3) is 6.46. The molecule has 2 aromatic carbocycles. The van der Waals surface area contributed by atoms with E-state index in [2.05, 4.69) is 0 Å². The number of rotatable bonds is 9. The topological polar surface area (TPSA) is 187 Å². The fraction of sp³-hybridized carbons (Fsp3) is 0.514. The minimum absolute atomic E-state index is 0.0732. The van der Waals surface area contributed by atoms with Gasteiger partial charge in [-0.3, -0.25) is 19.2 Å². The second kappa shape index (κ2) is 13.7. The zero-order valence-electron chi connectivity index (χ0n) is 29.4. The largest absolute Gasteiger partial charge is 0.465 e. The van der Waals surface area contributed by atoms with Crippen LogP contribution in [0.15, 0.2) is 60.7 Å². The molecule has 1 heterocycles. The summed E-state index contributed by atoms with van der Waals surface area (Å²) in [7, 11) is 0. The molecule has 1 aliphatic heterocycles. The van der Waals surface area contributed by atoms with Crippen LogP contribution in [0.2, 0.25) is 0 Å². The molecular formula is C37H42O14. The van der Waals surface area contributed by atoms with Crippen LogP contribution in [-0.2, 0) is 52.3 Å². The molecule has 1 saturated heterocycles. The predicted octanol–water partition coefficient (Wildman–Crippen LogP) is 3.11. The number of fused-ring (bicyclic) bond motifs is 1. The minimum atomic E-state index is -2.30. The Morgan fingerprint density at radius 2 is 1.16 bits per heavy atom. The summed E-state index contributed by atoms with van der Waals surface area (Å²) in [6.45, 7) is 8.14. The van der Waals surface area contributed by atoms with Crippen molar-refractivity contribution in [2.75, 3.05) is 6.61 Å². The molecule has 0 aromatic heterocycles. The summed E-state index contributed by atoms with van der Waals surface area (Å²) in [5.41, 5.74) is -8.04. The molecule has 0 radical (unpaired) electrons. The average Bonchev–Trinajstić information content (AvgIpc) is 3.25. The van der Waals surface area contributed by atoms with Gasteiger partial charge in [-0.1, -0.05) is 36.4 Å². The molecule has 14 nitrogen and oxygen atoms in total. The summed E-state index contributed by atoms with van der Waals surface area (Å²) in [5, 5.41) is 12.8. The van der Waals surface area contributed by atoms with Crippen LogP contribution >= 0.6 is 0 Å². The third-order valence-electron chi connectivity index (χ3n) is 9.96. The molecule has 51 heavy (non-hydrogen) atoms. The molecule has 14 heteroatoms. The molecule has 0 amide bonds. The van der Waals surface area contributed by atoms with Gasteiger partial charge in [-0.2, -0.15) is 0 Å². The Kier molecular flexibility index (Phi) is 10.1. The number of esters is 6. The highest BCUT2D eigenvalue weighted by Crippen LogP contribution is 2.69. The van der Waals surface area contributed by atoms with Gasteiger partial charge in [-0.05, 0) is 45.0 Å². The Labute approximate surface area is 294 Å². The molecule has 1 N–H and O–H groups in total. The van der Waals surface area contributed by atoms with Crippen LogP contribution in [0.1, 0.15) is 75.6 Å². The monoisotopic (exact) mass is 710 g/mol. The number of carbonyl (C=O) groups is 6. The van der Waals surface area contributed by atoms with Gasteiger partial charge in [0.2, 0.25) is 0 Å². The molecule has 3 fully saturated rings. The normalized spacial score (nSPS) is 33.1. The maximum Gasteiger partial charge on any atom is 0.338 e. The zero-order chi connectivity index (χ0) is 37.5. The Bertz CT molecular complexity index is 1690. The second-order valence-corrected chi connectivity index (χ2v) is 13.9. The number of benzene rings is 2. The number of aliphatic hydroxyl groups is 1. The van der Waals surface area contributed by atoms with Gasteiger partial charge in [0, 0.05) is 34.1 Å². The summed E-state index contributed by atoms with van der Waals surface area (Å²) >= 11 is 0. The third-order valence-corrected chi connectivity index (χ3v) is 9.96. The van der Waals surface area contributed by atoms with Crippen molar-refractivity contribution in [3.8, 4) is 0 Å². The van der Waals surface area contributed by atoms with E-state index in [1.807, 2.05) is 0 Å². The Morgan fingerprint density at radius 1 is 0.667 bits per heavy atom. The smallest absolute Gasteiger partial charge is 0.338 e. The van der Waals surface area contributed by atoms with Crippen LogP contribution < -0.4 is 0 Å². The molecule has 5 rings (SSSR count). The van der Waals surface area contributed by atoms with Crippen LogP contribution in [0.5, 0.6) is 0 Å². The fourth-order valence-electron chi connectivity index (χ4n) is 8.39. The van der Waals surface area contributed by atoms with E-state index in [0.29, 0.717) is 0 Å². The van der Waals surface area contributed by atoms with Crippen molar-refractivity contribution in [2.45, 2.75) is 102 Å². The minimum Gasteiger partial charge on any atom is -0.465 e. The first-order chi connectivity index (χ1) is 23.9. The van der Waals surface area contributed by atoms with E-state index < -0.39 is 107 Å². The molecular weight excluding hydrogens is 668 g/mol. The van der Waals surface area contributed by atoms with Crippen molar-refractivity contribution in [2.24, 2.45) is 11.3 Å². The highest BCUT2D eigenvalue weighted by Gasteiger charge is 2.89. The van der Waals surface area contributed by atoms with E-state index >= 15 is 0 Å². The lowest BCUT2D eigenvalue weighted by Crippen LogP contribution is -2.85. The standard InChI is InChI=1S/C37H42O14/c1-20(38)45-19-36-29(48-23(4)41)26(46-21(2)39)18-35(7,44)37(36)30(49-32(42)24-14-10-8-11-15-24)27(34(5,6)51-37)28(47-22(3)40)31(36)50-33(43)25-16-12-9-13-17-25/h8-17,26-31,44H,18-19H2,1-7H3/t26-,27+,28-,29-,30+,31+,35-,36-,37-/m0/s1. The van der Waals surface area contributed by atoms with Crippen LogP contribution in [-0.4, -0.2) is 94.9 Å². The SMILES string of the molecule is CC(=O)OC[C@]12[C@H](OC(=O)c3ccccc3)[C@@H](OC(C)=O)[C@@H]3[C@@H](OC(=O)c4ccccc4)[C@]1(OC3(C)C)[C@@](C)(O)C[C@H](OC(C)=O)[C@@H]2OC(C)=O. The van der Waals surface area contributed by atoms with Crippen LogP contribution in [0.25, 0.3) is 0 Å². The zero-order valence-corrected chi connectivity index (χ0v) is 29.4. The van der Waals surface area contributed by atoms with Gasteiger partial charge in [-0.25, -0.2) is 9.59 Å². The van der Waals surface area contributed by atoms with Gasteiger partial charge in [-0.15, -0.1) is 0 Å². The maximum atomic E-state index is 14.0. The van der Waals surface area contributed by atoms with Gasteiger partial charge in [0.05, 0.1) is 28.2 Å². The molecule has 2 bridgehead atoms. The van der Waals surface area contributed by atoms with E-state index in [4.69, 9.17) is 33.2 Å². The lowest BCUT2D eigenvalue weighted by atomic mass is 9.45. The van der Waals surface area contributed by atoms with Crippen molar-refractivity contribution >= 4 is 35.8 Å². The molecule has 1 spiro atoms. The predicted molar refractivity (Wildman–Crippen MR) is 174 cm³/mol. The summed E-state index contributed by atoms with van der Waals surface area (Å²) in [6, 6.07) is 15.8. The van der Waals surface area contributed by atoms with Gasteiger partial charge in [0.25, 0.3) is 0 Å². The quantitative estimate of drug-likeness (QED) is 0.295. The maximum absolute atomic E-state index is 14.0. The number of ether oxygens (including phenoxy) is 7. The highest BCUT2D eigenvalue weighted by atomic mass is 16.7. The van der Waals surface area contributed by atoms with Crippen molar-refractivity contribution in [1.29, 1.82) is 0 Å². The first-order valence-corrected chi connectivity index (χ1v) is 16.5. The Balaban J connectivity index is 1.90. The molecule has 0 unspecified atom stereocenters. The summed E-state index contributed by atoms with van der Waals surface area (Å²) in [4.78, 5) is 79.2. The molecule has 2 aromatic rings. The van der Waals surface area contributed by atoms with Gasteiger partial charge in [0.15, 0.2) is 17.8 Å². The van der Waals surface area contributed by atoms with Crippen LogP contribution in [0.3, 0.4) is 0 Å². The molecule has 3 aliphatic rings. The van der Waals surface area contributed by atoms with Gasteiger partial charge in [0.1, 0.15) is 30.3 Å². The second-order valence-electron chi connectivity index (χ2n) is 13.9. The number of carbonyl (C=O) groups excluding carboxylic acids is 6. The lowest BCUT2D eigenvalue weighted by Gasteiger charge is -2.66. The van der Waals surface area contributed by atoms with E-state index in [1.165, 1.54) is 31.2 Å². The van der Waals surface area contributed by atoms with Gasteiger partial charge >= 0.3 is 35.8 Å². The van der Waals surface area contributed by atoms with E-state index in [9.17, 15) is 33.9 Å². The average molecular weight is 711 g/mol. The number of hydrogen-bond donors (Lipinski definition) is 1. The first-order valence-electron chi connectivity index (χ1n) is 16.5. The number of hydrogen-bond acceptors (Lipinski definition) is 14. The van der Waals surface area contributed by atoms with Crippen LogP contribution in [0, 0.1) is 11.3 Å². The van der Waals surface area contributed by atoms with E-state index in [-0.39, 0.29) is 11.1 Å². The van der Waals surface area contributed by atoms with Crippen LogP contribution in [0.4, 0.5) is 0 Å². The molecule has 9 atom stereocenters. The summed E-state index contributed by atoms with van der Waals surface area (Å²) in [5.74, 6) is -6.35. The van der Waals surface area contributed by atoms with Gasteiger partial charge < -0.3 is 38.3 Å². The highest BCUT2D eigenvalue weighted by molar-refractivity contribution is 5.90. The Morgan fingerprint density at radius 3 is 1.63 bits per heavy atom. The van der Waals surface area contributed by atoms with E-state index in [0.717, 1.165) is 27.7 Å². The fourth-order valence-corrected chi connectivity index (χ4v) is 8.39. The van der Waals surface area contributed by atoms with Crippen molar-refractivity contribution in [1.82, 2.24) is 0 Å². The van der Waals surface area contributed by atoms with Crippen molar-refractivity contribution in [3.05, 3.63) is 71.8 Å². The lowest BCUT2D eigenvalue weighted by molar-refractivity contribution is -0.362. The first kappa shape index (κ1) is 37.4.